The molecule has 1 saturated carbocycles. The van der Waals surface area contributed by atoms with E-state index in [9.17, 15) is 0 Å². The van der Waals surface area contributed by atoms with Crippen molar-refractivity contribution in [2.24, 2.45) is 5.92 Å². The smallest absolute Gasteiger partial charge is 0.0208 e. The molecule has 1 N–H and O–H groups in total. The van der Waals surface area contributed by atoms with Gasteiger partial charge in [0.1, 0.15) is 0 Å². The summed E-state index contributed by atoms with van der Waals surface area (Å²) in [5.41, 5.74) is 3.07. The lowest BCUT2D eigenvalue weighted by atomic mass is 9.90. The predicted octanol–water partition coefficient (Wildman–Crippen LogP) is 2.61. The Bertz CT molecular complexity index is 398. The van der Waals surface area contributed by atoms with Crippen LogP contribution in [0, 0.1) is 5.92 Å². The molecular weight excluding hydrogens is 220 g/mol. The highest BCUT2D eigenvalue weighted by Crippen LogP contribution is 2.31. The normalized spacial score (nSPS) is 23.1. The minimum atomic E-state index is 0.675. The molecule has 0 saturated heterocycles. The fourth-order valence-corrected chi connectivity index (χ4v) is 3.06. The fraction of sp³-hybridized carbons (Fsp3) is 0.625. The maximum Gasteiger partial charge on any atom is 0.0208 e. The topological polar surface area (TPSA) is 15.3 Å². The maximum atomic E-state index is 3.56. The molecule has 0 bridgehead atoms. The second-order valence-corrected chi connectivity index (χ2v) is 5.82. The highest BCUT2D eigenvalue weighted by molar-refractivity contribution is 5.32. The first-order valence-electron chi connectivity index (χ1n) is 7.37. The number of benzene rings is 1. The molecule has 1 aromatic rings. The summed E-state index contributed by atoms with van der Waals surface area (Å²) in [7, 11) is 0. The third kappa shape index (κ3) is 2.76. The van der Waals surface area contributed by atoms with Crippen LogP contribution in [0.25, 0.3) is 0 Å². The van der Waals surface area contributed by atoms with E-state index in [1.807, 2.05) is 0 Å². The molecule has 2 nitrogen and oxygen atoms in total. The number of nitrogens with one attached hydrogen (secondary N) is 1. The standard InChI is InChI=1S/C16H24N2/c1-2-18(11-13-7-8-13)12-15-10-17-9-14-5-3-4-6-16(14)15/h3-6,13,15,17H,2,7-12H2,1H3. The van der Waals surface area contributed by atoms with Crippen LogP contribution in [-0.4, -0.2) is 31.1 Å². The molecule has 0 amide bonds. The molecule has 0 spiro atoms. The van der Waals surface area contributed by atoms with Gasteiger partial charge in [-0.15, -0.1) is 0 Å². The van der Waals surface area contributed by atoms with Crippen molar-refractivity contribution >= 4 is 0 Å². The van der Waals surface area contributed by atoms with Crippen molar-refractivity contribution in [3.8, 4) is 0 Å². The van der Waals surface area contributed by atoms with Crippen LogP contribution in [0.2, 0.25) is 0 Å². The van der Waals surface area contributed by atoms with E-state index in [4.69, 9.17) is 0 Å². The van der Waals surface area contributed by atoms with Gasteiger partial charge in [0, 0.05) is 32.1 Å². The number of hydrogen-bond acceptors (Lipinski definition) is 2. The van der Waals surface area contributed by atoms with Gasteiger partial charge in [-0.05, 0) is 36.4 Å². The van der Waals surface area contributed by atoms with Crippen molar-refractivity contribution in [1.82, 2.24) is 10.2 Å². The number of likely N-dealkylation sites (N-methyl/N-ethyl adjacent to an activating group) is 1. The lowest BCUT2D eigenvalue weighted by molar-refractivity contribution is 0.252. The first-order valence-corrected chi connectivity index (χ1v) is 7.37. The van der Waals surface area contributed by atoms with E-state index < -0.39 is 0 Å². The second kappa shape index (κ2) is 5.41. The van der Waals surface area contributed by atoms with Gasteiger partial charge < -0.3 is 10.2 Å². The summed E-state index contributed by atoms with van der Waals surface area (Å²) in [5, 5.41) is 3.56. The molecular formula is C16H24N2. The summed E-state index contributed by atoms with van der Waals surface area (Å²) in [4.78, 5) is 2.64. The molecule has 1 aliphatic heterocycles. The largest absolute Gasteiger partial charge is 0.312 e. The highest BCUT2D eigenvalue weighted by Gasteiger charge is 2.26. The molecule has 1 fully saturated rings. The van der Waals surface area contributed by atoms with Crippen LogP contribution in [-0.2, 0) is 6.54 Å². The van der Waals surface area contributed by atoms with Crippen LogP contribution in [0.4, 0.5) is 0 Å². The zero-order valence-corrected chi connectivity index (χ0v) is 11.4. The van der Waals surface area contributed by atoms with E-state index >= 15 is 0 Å². The first kappa shape index (κ1) is 12.2. The van der Waals surface area contributed by atoms with Gasteiger partial charge in [0.15, 0.2) is 0 Å². The molecule has 3 rings (SSSR count). The van der Waals surface area contributed by atoms with Crippen LogP contribution in [0.5, 0.6) is 0 Å². The van der Waals surface area contributed by atoms with Crippen molar-refractivity contribution in [2.75, 3.05) is 26.2 Å². The SMILES string of the molecule is CCN(CC1CC1)CC1CNCc2ccccc21. The quantitative estimate of drug-likeness (QED) is 0.856. The molecule has 1 heterocycles. The summed E-state index contributed by atoms with van der Waals surface area (Å²) < 4.78 is 0. The van der Waals surface area contributed by atoms with Crippen molar-refractivity contribution in [1.29, 1.82) is 0 Å². The molecule has 2 heteroatoms. The third-order valence-corrected chi connectivity index (χ3v) is 4.34. The van der Waals surface area contributed by atoms with E-state index in [2.05, 4.69) is 41.4 Å². The molecule has 1 atom stereocenters. The molecule has 1 aromatic carbocycles. The van der Waals surface area contributed by atoms with Gasteiger partial charge in [-0.1, -0.05) is 31.2 Å². The Morgan fingerprint density at radius 2 is 2.06 bits per heavy atom. The van der Waals surface area contributed by atoms with E-state index in [1.165, 1.54) is 38.0 Å². The monoisotopic (exact) mass is 244 g/mol. The number of hydrogen-bond donors (Lipinski definition) is 1. The van der Waals surface area contributed by atoms with Gasteiger partial charge in [-0.2, -0.15) is 0 Å². The number of nitrogens with zero attached hydrogens (tertiary/aromatic N) is 1. The fourth-order valence-electron chi connectivity index (χ4n) is 3.06. The average molecular weight is 244 g/mol. The third-order valence-electron chi connectivity index (χ3n) is 4.34. The predicted molar refractivity (Wildman–Crippen MR) is 75.7 cm³/mol. The van der Waals surface area contributed by atoms with Crippen LogP contribution >= 0.6 is 0 Å². The number of rotatable bonds is 5. The van der Waals surface area contributed by atoms with E-state index in [-0.39, 0.29) is 0 Å². The molecule has 98 valence electrons. The zero-order valence-electron chi connectivity index (χ0n) is 11.4. The molecule has 1 aliphatic carbocycles. The lowest BCUT2D eigenvalue weighted by Gasteiger charge is -2.31. The van der Waals surface area contributed by atoms with Gasteiger partial charge >= 0.3 is 0 Å². The van der Waals surface area contributed by atoms with Crippen LogP contribution in [0.3, 0.4) is 0 Å². The Morgan fingerprint density at radius 3 is 2.83 bits per heavy atom. The Hall–Kier alpha value is -0.860. The van der Waals surface area contributed by atoms with E-state index in [0.29, 0.717) is 5.92 Å². The highest BCUT2D eigenvalue weighted by atomic mass is 15.1. The van der Waals surface area contributed by atoms with Crippen LogP contribution in [0.1, 0.15) is 36.8 Å². The average Bonchev–Trinajstić information content (AvgIpc) is 3.22. The van der Waals surface area contributed by atoms with Crippen molar-refractivity contribution < 1.29 is 0 Å². The summed E-state index contributed by atoms with van der Waals surface area (Å²) in [6.07, 6.45) is 2.91. The Kier molecular flexibility index (Phi) is 3.67. The first-order chi connectivity index (χ1) is 8.86. The van der Waals surface area contributed by atoms with Gasteiger partial charge in [0.2, 0.25) is 0 Å². The lowest BCUT2D eigenvalue weighted by Crippen LogP contribution is -2.37. The summed E-state index contributed by atoms with van der Waals surface area (Å²) in [6, 6.07) is 8.94. The van der Waals surface area contributed by atoms with Gasteiger partial charge in [0.25, 0.3) is 0 Å². The Labute approximate surface area is 110 Å². The minimum Gasteiger partial charge on any atom is -0.312 e. The van der Waals surface area contributed by atoms with Crippen LogP contribution < -0.4 is 5.32 Å². The summed E-state index contributed by atoms with van der Waals surface area (Å²) in [6.45, 7) is 8.20. The van der Waals surface area contributed by atoms with E-state index in [0.717, 1.165) is 19.0 Å². The summed E-state index contributed by atoms with van der Waals surface area (Å²) >= 11 is 0. The summed E-state index contributed by atoms with van der Waals surface area (Å²) in [5.74, 6) is 1.67. The molecule has 1 unspecified atom stereocenters. The maximum absolute atomic E-state index is 3.56. The van der Waals surface area contributed by atoms with Crippen molar-refractivity contribution in [3.63, 3.8) is 0 Å². The zero-order chi connectivity index (χ0) is 12.4. The van der Waals surface area contributed by atoms with Gasteiger partial charge in [-0.25, -0.2) is 0 Å². The Morgan fingerprint density at radius 1 is 1.22 bits per heavy atom. The van der Waals surface area contributed by atoms with Gasteiger partial charge in [-0.3, -0.25) is 0 Å². The Balaban J connectivity index is 1.68. The molecule has 18 heavy (non-hydrogen) atoms. The van der Waals surface area contributed by atoms with Crippen molar-refractivity contribution in [3.05, 3.63) is 35.4 Å². The number of fused-ring (bicyclic) bond motifs is 1. The van der Waals surface area contributed by atoms with Crippen LogP contribution in [0.15, 0.2) is 24.3 Å². The van der Waals surface area contributed by atoms with E-state index in [1.54, 1.807) is 5.56 Å². The molecule has 2 aliphatic rings. The van der Waals surface area contributed by atoms with Crippen molar-refractivity contribution in [2.45, 2.75) is 32.2 Å². The second-order valence-electron chi connectivity index (χ2n) is 5.82. The molecule has 0 radical (unpaired) electrons. The molecule has 0 aromatic heterocycles. The minimum absolute atomic E-state index is 0.675. The van der Waals surface area contributed by atoms with Gasteiger partial charge in [0.05, 0.1) is 0 Å².